The molecular weight excluding hydrogens is 378 g/mol. The highest BCUT2D eigenvalue weighted by Gasteiger charge is 2.38. The number of aliphatic carboxylic acids is 1. The normalized spacial score (nSPS) is 14.7. The molecule has 0 bridgehead atoms. The van der Waals surface area contributed by atoms with Crippen LogP contribution in [0, 0.1) is 10.1 Å². The Morgan fingerprint density at radius 2 is 2.00 bits per heavy atom. The first kappa shape index (κ1) is 20.5. The van der Waals surface area contributed by atoms with E-state index in [1.54, 1.807) is 0 Å². The Hall–Kier alpha value is -2.50. The molecule has 8 nitrogen and oxygen atoms in total. The van der Waals surface area contributed by atoms with Gasteiger partial charge in [0, 0.05) is 31.3 Å². The van der Waals surface area contributed by atoms with E-state index in [9.17, 15) is 32.5 Å². The van der Waals surface area contributed by atoms with Gasteiger partial charge in [-0.05, 0) is 5.56 Å². The highest BCUT2D eigenvalue weighted by Crippen LogP contribution is 2.22. The number of carboxylic acids is 1. The summed E-state index contributed by atoms with van der Waals surface area (Å²) in [6.07, 6.45) is -3.47. The molecule has 0 saturated carbocycles. The van der Waals surface area contributed by atoms with Gasteiger partial charge in [0.2, 0.25) is 0 Å². The van der Waals surface area contributed by atoms with Gasteiger partial charge in [0.1, 0.15) is 6.20 Å². The number of carbonyl (C=O) groups is 2. The van der Waals surface area contributed by atoms with Crippen molar-refractivity contribution in [3.63, 3.8) is 0 Å². The minimum absolute atomic E-state index is 0.0932. The third-order valence-corrected chi connectivity index (χ3v) is 3.16. The minimum Gasteiger partial charge on any atom is -0.475 e. The number of alkyl halides is 5. The van der Waals surface area contributed by atoms with Crippen molar-refractivity contribution in [3.05, 3.63) is 33.6 Å². The van der Waals surface area contributed by atoms with Crippen molar-refractivity contribution in [3.8, 4) is 0 Å². The van der Waals surface area contributed by atoms with Crippen LogP contribution in [0.1, 0.15) is 11.3 Å². The number of carbonyl (C=O) groups excluding carboxylic acids is 1. The van der Waals surface area contributed by atoms with Crippen molar-refractivity contribution in [2.24, 2.45) is 0 Å². The topological polar surface area (TPSA) is 114 Å². The highest BCUT2D eigenvalue weighted by molar-refractivity contribution is 6.29. The second-order valence-electron chi connectivity index (χ2n) is 4.67. The number of fused-ring (bicyclic) bond motifs is 1. The molecule has 0 radical (unpaired) electrons. The summed E-state index contributed by atoms with van der Waals surface area (Å²) < 4.78 is 44.4. The van der Waals surface area contributed by atoms with E-state index in [1.165, 1.54) is 17.2 Å². The fourth-order valence-electron chi connectivity index (χ4n) is 1.84. The summed E-state index contributed by atoms with van der Waals surface area (Å²) in [6.45, 7) is 0.403. The van der Waals surface area contributed by atoms with E-state index >= 15 is 0 Å². The molecule has 138 valence electrons. The van der Waals surface area contributed by atoms with Crippen molar-refractivity contribution in [1.82, 2.24) is 9.88 Å². The molecule has 0 aromatic carbocycles. The van der Waals surface area contributed by atoms with Gasteiger partial charge < -0.3 is 10.0 Å². The molecule has 1 amide bonds. The van der Waals surface area contributed by atoms with Crippen LogP contribution in [0.5, 0.6) is 0 Å². The predicted molar refractivity (Wildman–Crippen MR) is 74.5 cm³/mol. The Morgan fingerprint density at radius 1 is 1.44 bits per heavy atom. The second kappa shape index (κ2) is 8.05. The monoisotopic (exact) mass is 387 g/mol. The van der Waals surface area contributed by atoms with Gasteiger partial charge in [0.05, 0.1) is 4.92 Å². The summed E-state index contributed by atoms with van der Waals surface area (Å²) in [5.41, 5.74) is -0.986. The number of amides is 1. The average molecular weight is 388 g/mol. The van der Waals surface area contributed by atoms with Crippen LogP contribution in [0.3, 0.4) is 0 Å². The first-order valence-electron chi connectivity index (χ1n) is 6.42. The minimum atomic E-state index is -5.08. The molecule has 0 saturated heterocycles. The van der Waals surface area contributed by atoms with E-state index in [0.29, 0.717) is 24.2 Å². The highest BCUT2D eigenvalue weighted by atomic mass is 35.5. The average Bonchev–Trinajstić information content (AvgIpc) is 2.52. The predicted octanol–water partition coefficient (Wildman–Crippen LogP) is 2.04. The molecule has 1 aliphatic heterocycles. The molecule has 0 aliphatic carbocycles. The number of hydrogen-bond acceptors (Lipinski definition) is 5. The van der Waals surface area contributed by atoms with Gasteiger partial charge in [-0.1, -0.05) is 11.6 Å². The van der Waals surface area contributed by atoms with E-state index in [0.717, 1.165) is 0 Å². The maximum absolute atomic E-state index is 12.7. The lowest BCUT2D eigenvalue weighted by Crippen LogP contribution is -2.39. The number of rotatable bonds is 2. The summed E-state index contributed by atoms with van der Waals surface area (Å²) in [7, 11) is 0. The Balaban J connectivity index is 0.000000381. The van der Waals surface area contributed by atoms with Crippen molar-refractivity contribution >= 4 is 29.2 Å². The molecule has 1 N–H and O–H groups in total. The first-order valence-corrected chi connectivity index (χ1v) is 6.86. The van der Waals surface area contributed by atoms with Gasteiger partial charge in [0.25, 0.3) is 17.2 Å². The fraction of sp³-hybridized carbons (Fsp3) is 0.417. The quantitative estimate of drug-likeness (QED) is 0.359. The number of hydrogen-bond donors (Lipinski definition) is 1. The summed E-state index contributed by atoms with van der Waals surface area (Å²) in [5.74, 6) is -3.58. The van der Waals surface area contributed by atoms with Crippen LogP contribution in [0.25, 0.3) is 0 Å². The van der Waals surface area contributed by atoms with E-state index in [2.05, 4.69) is 4.98 Å². The number of pyridine rings is 1. The molecular formula is C12H10ClF4N3O5. The van der Waals surface area contributed by atoms with Crippen molar-refractivity contribution in [1.29, 1.82) is 0 Å². The Bertz CT molecular complexity index is 683. The van der Waals surface area contributed by atoms with Gasteiger partial charge >= 0.3 is 12.1 Å². The third kappa shape index (κ3) is 5.81. The zero-order chi connectivity index (χ0) is 19.4. The molecule has 2 heterocycles. The Kier molecular flexibility index (Phi) is 6.62. The Morgan fingerprint density at radius 3 is 2.44 bits per heavy atom. The number of nitro groups is 1. The summed E-state index contributed by atoms with van der Waals surface area (Å²) in [4.78, 5) is 35.5. The van der Waals surface area contributed by atoms with E-state index in [1.807, 2.05) is 0 Å². The molecule has 2 rings (SSSR count). The van der Waals surface area contributed by atoms with Crippen LogP contribution >= 0.6 is 11.6 Å². The molecule has 0 spiro atoms. The van der Waals surface area contributed by atoms with Crippen LogP contribution in [0.2, 0.25) is 0 Å². The molecule has 25 heavy (non-hydrogen) atoms. The molecule has 1 unspecified atom stereocenters. The lowest BCUT2D eigenvalue weighted by atomic mass is 10.1. The molecule has 1 atom stereocenters. The molecule has 13 heteroatoms. The maximum atomic E-state index is 12.7. The standard InChI is InChI=1S/C10H9ClFN3O3.C2HF3O2/c11-9(12)10(16)14-2-1-8-6(5-14)3-7(4-13-8)15(17)18;3-2(4,5)1(6)7/h3-4,9H,1-2,5H2;(H,6,7). The smallest absolute Gasteiger partial charge is 0.475 e. The molecule has 0 fully saturated rings. The second-order valence-corrected chi connectivity index (χ2v) is 5.05. The first-order chi connectivity index (χ1) is 11.4. The number of halogens is 5. The van der Waals surface area contributed by atoms with E-state index in [-0.39, 0.29) is 12.2 Å². The summed E-state index contributed by atoms with van der Waals surface area (Å²) in [5, 5.41) is 17.7. The maximum Gasteiger partial charge on any atom is 0.490 e. The van der Waals surface area contributed by atoms with Gasteiger partial charge in [-0.15, -0.1) is 0 Å². The van der Waals surface area contributed by atoms with Crippen LogP contribution < -0.4 is 0 Å². The van der Waals surface area contributed by atoms with Gasteiger partial charge in [0.15, 0.2) is 0 Å². The SMILES string of the molecule is O=C(C(F)Cl)N1CCc2ncc([N+](=O)[O-])cc2C1.O=C(O)C(F)(F)F. The van der Waals surface area contributed by atoms with E-state index < -0.39 is 28.6 Å². The number of nitrogens with zero attached hydrogens (tertiary/aromatic N) is 3. The summed E-state index contributed by atoms with van der Waals surface area (Å²) >= 11 is 5.09. The largest absolute Gasteiger partial charge is 0.490 e. The Labute approximate surface area is 142 Å². The zero-order valence-corrected chi connectivity index (χ0v) is 12.9. The van der Waals surface area contributed by atoms with Crippen molar-refractivity contribution in [2.75, 3.05) is 6.54 Å². The van der Waals surface area contributed by atoms with Crippen LogP contribution in [0.4, 0.5) is 23.2 Å². The van der Waals surface area contributed by atoms with Gasteiger partial charge in [-0.2, -0.15) is 13.2 Å². The lowest BCUT2D eigenvalue weighted by Gasteiger charge is -2.27. The third-order valence-electron chi connectivity index (χ3n) is 2.98. The molecule has 1 aromatic heterocycles. The zero-order valence-electron chi connectivity index (χ0n) is 12.2. The lowest BCUT2D eigenvalue weighted by molar-refractivity contribution is -0.385. The molecule has 1 aromatic rings. The van der Waals surface area contributed by atoms with Crippen LogP contribution in [-0.2, 0) is 22.6 Å². The summed E-state index contributed by atoms with van der Waals surface area (Å²) in [6, 6.07) is 1.35. The van der Waals surface area contributed by atoms with Crippen molar-refractivity contribution < 1.29 is 37.2 Å². The van der Waals surface area contributed by atoms with Gasteiger partial charge in [-0.25, -0.2) is 9.18 Å². The van der Waals surface area contributed by atoms with Gasteiger partial charge in [-0.3, -0.25) is 19.9 Å². The van der Waals surface area contributed by atoms with Crippen LogP contribution in [0.15, 0.2) is 12.3 Å². The van der Waals surface area contributed by atoms with Crippen molar-refractivity contribution in [2.45, 2.75) is 24.8 Å². The van der Waals surface area contributed by atoms with E-state index in [4.69, 9.17) is 21.5 Å². The van der Waals surface area contributed by atoms with Crippen LogP contribution in [-0.4, -0.2) is 50.1 Å². The number of carboxylic acid groups (broad SMARTS) is 1. The fourth-order valence-corrected chi connectivity index (χ4v) is 1.98. The number of aromatic nitrogens is 1. The molecule has 1 aliphatic rings.